The fourth-order valence-electron chi connectivity index (χ4n) is 0.881. The molecule has 0 bridgehead atoms. The summed E-state index contributed by atoms with van der Waals surface area (Å²) in [4.78, 5) is 9.62. The van der Waals surface area contributed by atoms with Crippen LogP contribution < -0.4 is 0 Å². The molecule has 0 atom stereocenters. The molecule has 0 saturated heterocycles. The molecule has 0 fully saturated rings. The van der Waals surface area contributed by atoms with Crippen molar-refractivity contribution in [2.24, 2.45) is 0 Å². The van der Waals surface area contributed by atoms with Crippen LogP contribution in [0, 0.1) is 6.08 Å². The normalized spacial score (nSPS) is 10.7. The number of halogens is 2. The number of aromatic nitrogens is 3. The SMILES string of the molecule is Fc1nc(Cl)c2[nH]ccc2n1. The maximum Gasteiger partial charge on any atom is 0.310 e. The van der Waals surface area contributed by atoms with Gasteiger partial charge >= 0.3 is 6.08 Å². The number of rotatable bonds is 0. The van der Waals surface area contributed by atoms with E-state index in [9.17, 15) is 4.39 Å². The summed E-state index contributed by atoms with van der Waals surface area (Å²) in [5, 5.41) is 0.109. The molecule has 5 heteroatoms. The van der Waals surface area contributed by atoms with Gasteiger partial charge < -0.3 is 4.98 Å². The van der Waals surface area contributed by atoms with Crippen LogP contribution in [-0.2, 0) is 0 Å². The predicted octanol–water partition coefficient (Wildman–Crippen LogP) is 1.75. The molecule has 0 aliphatic carbocycles. The molecule has 2 aromatic rings. The second-order valence-corrected chi connectivity index (χ2v) is 2.38. The maximum absolute atomic E-state index is 12.5. The van der Waals surface area contributed by atoms with Gasteiger partial charge in [-0.25, -0.2) is 4.98 Å². The Hall–Kier alpha value is -1.16. The average Bonchev–Trinajstić information content (AvgIpc) is 2.34. The first-order valence-corrected chi connectivity index (χ1v) is 3.31. The molecule has 3 nitrogen and oxygen atoms in total. The second kappa shape index (κ2) is 2.17. The Morgan fingerprint density at radius 2 is 2.27 bits per heavy atom. The van der Waals surface area contributed by atoms with E-state index in [0.29, 0.717) is 11.0 Å². The lowest BCUT2D eigenvalue weighted by molar-refractivity contribution is 0.545. The summed E-state index contributed by atoms with van der Waals surface area (Å²) in [6.07, 6.45) is 0.826. The van der Waals surface area contributed by atoms with Crippen LogP contribution in [0.2, 0.25) is 5.15 Å². The minimum Gasteiger partial charge on any atom is -0.357 e. The van der Waals surface area contributed by atoms with Crippen molar-refractivity contribution < 1.29 is 4.39 Å². The Morgan fingerprint density at radius 3 is 3.09 bits per heavy atom. The zero-order valence-electron chi connectivity index (χ0n) is 5.31. The molecule has 56 valence electrons. The molecule has 2 aromatic heterocycles. The number of hydrogen-bond donors (Lipinski definition) is 1. The van der Waals surface area contributed by atoms with Gasteiger partial charge in [-0.2, -0.15) is 9.37 Å². The average molecular weight is 172 g/mol. The van der Waals surface area contributed by atoms with Crippen LogP contribution in [0.1, 0.15) is 0 Å². The largest absolute Gasteiger partial charge is 0.357 e. The molecular formula is C6H3ClFN3. The van der Waals surface area contributed by atoms with E-state index in [2.05, 4.69) is 15.0 Å². The van der Waals surface area contributed by atoms with Gasteiger partial charge in [-0.1, -0.05) is 11.6 Å². The first kappa shape index (κ1) is 6.54. The molecule has 2 rings (SSSR count). The topological polar surface area (TPSA) is 41.6 Å². The van der Waals surface area contributed by atoms with Crippen molar-refractivity contribution >= 4 is 22.6 Å². The highest BCUT2D eigenvalue weighted by atomic mass is 35.5. The second-order valence-electron chi connectivity index (χ2n) is 2.02. The molecule has 0 aliphatic heterocycles. The zero-order chi connectivity index (χ0) is 7.84. The van der Waals surface area contributed by atoms with Gasteiger partial charge in [-0.3, -0.25) is 0 Å². The molecular weight excluding hydrogens is 169 g/mol. The molecule has 1 N–H and O–H groups in total. The van der Waals surface area contributed by atoms with E-state index in [1.807, 2.05) is 0 Å². The summed E-state index contributed by atoms with van der Waals surface area (Å²) in [5.41, 5.74) is 1.05. The lowest BCUT2D eigenvalue weighted by Crippen LogP contribution is -1.88. The molecule has 0 aromatic carbocycles. The number of nitrogens with one attached hydrogen (secondary N) is 1. The van der Waals surface area contributed by atoms with Crippen molar-refractivity contribution in [2.75, 3.05) is 0 Å². The Bertz CT molecular complexity index is 398. The standard InChI is InChI=1S/C6H3ClFN3/c7-5-4-3(1-2-9-4)10-6(8)11-5/h1-2,9H. The predicted molar refractivity (Wildman–Crippen MR) is 38.9 cm³/mol. The number of fused-ring (bicyclic) bond motifs is 1. The number of H-pyrrole nitrogens is 1. The summed E-state index contributed by atoms with van der Waals surface area (Å²) < 4.78 is 12.5. The van der Waals surface area contributed by atoms with E-state index >= 15 is 0 Å². The van der Waals surface area contributed by atoms with Crippen molar-refractivity contribution in [1.29, 1.82) is 0 Å². The van der Waals surface area contributed by atoms with Crippen molar-refractivity contribution in [3.8, 4) is 0 Å². The summed E-state index contributed by atoms with van der Waals surface area (Å²) in [6.45, 7) is 0. The number of aromatic amines is 1. The third-order valence-electron chi connectivity index (χ3n) is 1.33. The molecule has 0 spiro atoms. The Morgan fingerprint density at radius 1 is 1.45 bits per heavy atom. The van der Waals surface area contributed by atoms with Gasteiger partial charge in [0.15, 0.2) is 5.15 Å². The molecule has 0 amide bonds. The fraction of sp³-hybridized carbons (Fsp3) is 0. The first-order chi connectivity index (χ1) is 5.27. The van der Waals surface area contributed by atoms with Gasteiger partial charge in [0.25, 0.3) is 0 Å². The van der Waals surface area contributed by atoms with E-state index in [1.54, 1.807) is 12.3 Å². The maximum atomic E-state index is 12.5. The molecule has 11 heavy (non-hydrogen) atoms. The monoisotopic (exact) mass is 171 g/mol. The van der Waals surface area contributed by atoms with Crippen LogP contribution >= 0.6 is 11.6 Å². The minimum atomic E-state index is -0.804. The highest BCUT2D eigenvalue weighted by molar-refractivity contribution is 6.33. The molecule has 0 saturated carbocycles. The summed E-state index contributed by atoms with van der Waals surface area (Å²) >= 11 is 5.58. The fourth-order valence-corrected chi connectivity index (χ4v) is 1.10. The van der Waals surface area contributed by atoms with Gasteiger partial charge in [0, 0.05) is 6.20 Å². The van der Waals surface area contributed by atoms with E-state index in [1.165, 1.54) is 0 Å². The van der Waals surface area contributed by atoms with Crippen LogP contribution in [0.5, 0.6) is 0 Å². The summed E-state index contributed by atoms with van der Waals surface area (Å²) in [5.74, 6) is 0. The summed E-state index contributed by atoms with van der Waals surface area (Å²) in [7, 11) is 0. The lowest BCUT2D eigenvalue weighted by Gasteiger charge is -1.91. The van der Waals surface area contributed by atoms with Crippen LogP contribution in [0.4, 0.5) is 4.39 Å². The van der Waals surface area contributed by atoms with E-state index in [4.69, 9.17) is 11.6 Å². The van der Waals surface area contributed by atoms with Crippen LogP contribution in [0.3, 0.4) is 0 Å². The van der Waals surface area contributed by atoms with E-state index in [-0.39, 0.29) is 5.15 Å². The van der Waals surface area contributed by atoms with Crippen LogP contribution in [0.15, 0.2) is 12.3 Å². The van der Waals surface area contributed by atoms with Crippen molar-refractivity contribution in [3.63, 3.8) is 0 Å². The lowest BCUT2D eigenvalue weighted by atomic mass is 10.5. The highest BCUT2D eigenvalue weighted by Crippen LogP contribution is 2.17. The molecule has 0 unspecified atom stereocenters. The molecule has 2 heterocycles. The quantitative estimate of drug-likeness (QED) is 0.485. The van der Waals surface area contributed by atoms with Crippen LogP contribution in [0.25, 0.3) is 11.0 Å². The third kappa shape index (κ3) is 0.952. The molecule has 0 radical (unpaired) electrons. The Balaban J connectivity index is 2.91. The van der Waals surface area contributed by atoms with Gasteiger partial charge in [0.1, 0.15) is 5.52 Å². The van der Waals surface area contributed by atoms with E-state index in [0.717, 1.165) is 0 Å². The summed E-state index contributed by atoms with van der Waals surface area (Å²) in [6, 6.07) is 1.63. The first-order valence-electron chi connectivity index (χ1n) is 2.93. The van der Waals surface area contributed by atoms with Gasteiger partial charge in [-0.15, -0.1) is 0 Å². The minimum absolute atomic E-state index is 0.109. The smallest absolute Gasteiger partial charge is 0.310 e. The van der Waals surface area contributed by atoms with Crippen molar-refractivity contribution in [2.45, 2.75) is 0 Å². The van der Waals surface area contributed by atoms with E-state index < -0.39 is 6.08 Å². The van der Waals surface area contributed by atoms with Crippen molar-refractivity contribution in [1.82, 2.24) is 15.0 Å². The Labute approximate surface area is 66.2 Å². The molecule has 0 aliphatic rings. The number of nitrogens with zero attached hydrogens (tertiary/aromatic N) is 2. The Kier molecular flexibility index (Phi) is 1.29. The third-order valence-corrected chi connectivity index (χ3v) is 1.61. The van der Waals surface area contributed by atoms with Gasteiger partial charge in [-0.05, 0) is 6.07 Å². The van der Waals surface area contributed by atoms with Crippen molar-refractivity contribution in [3.05, 3.63) is 23.5 Å². The zero-order valence-corrected chi connectivity index (χ0v) is 6.06. The van der Waals surface area contributed by atoms with Crippen LogP contribution in [-0.4, -0.2) is 15.0 Å². The highest BCUT2D eigenvalue weighted by Gasteiger charge is 2.04. The number of hydrogen-bond acceptors (Lipinski definition) is 2. The van der Waals surface area contributed by atoms with Gasteiger partial charge in [0.05, 0.1) is 5.52 Å². The van der Waals surface area contributed by atoms with Gasteiger partial charge in [0.2, 0.25) is 0 Å².